The van der Waals surface area contributed by atoms with E-state index in [1.807, 2.05) is 0 Å². The van der Waals surface area contributed by atoms with Crippen LogP contribution in [0.1, 0.15) is 25.5 Å². The lowest BCUT2D eigenvalue weighted by atomic mass is 9.97. The molecule has 0 saturated carbocycles. The summed E-state index contributed by atoms with van der Waals surface area (Å²) in [7, 11) is 0. The van der Waals surface area contributed by atoms with E-state index in [1.54, 1.807) is 0 Å². The second-order valence-corrected chi connectivity index (χ2v) is 5.54. The maximum Gasteiger partial charge on any atom is 0.0329 e. The van der Waals surface area contributed by atoms with E-state index in [1.165, 1.54) is 9.13 Å². The van der Waals surface area contributed by atoms with E-state index < -0.39 is 0 Å². The van der Waals surface area contributed by atoms with Crippen LogP contribution in [0, 0.1) is 9.49 Å². The minimum absolute atomic E-state index is 0.115. The van der Waals surface area contributed by atoms with Crippen molar-refractivity contribution in [2.45, 2.75) is 19.9 Å². The summed E-state index contributed by atoms with van der Waals surface area (Å²) in [6.07, 6.45) is 0. The zero-order valence-electron chi connectivity index (χ0n) is 7.72. The van der Waals surface area contributed by atoms with Crippen LogP contribution in [0.2, 0.25) is 0 Å². The van der Waals surface area contributed by atoms with Crippen LogP contribution in [0.25, 0.3) is 0 Å². The third-order valence-corrected chi connectivity index (χ3v) is 3.43. The highest BCUT2D eigenvalue weighted by Crippen LogP contribution is 2.28. The molecule has 1 aromatic rings. The number of rotatable bonds is 2. The summed E-state index contributed by atoms with van der Waals surface area (Å²) in [6, 6.07) is 6.37. The fourth-order valence-electron chi connectivity index (χ4n) is 1.13. The lowest BCUT2D eigenvalue weighted by Crippen LogP contribution is -2.17. The van der Waals surface area contributed by atoms with Crippen molar-refractivity contribution >= 4 is 38.5 Å². The minimum Gasteiger partial charge on any atom is -0.324 e. The van der Waals surface area contributed by atoms with Crippen LogP contribution in [0.3, 0.4) is 0 Å². The van der Waals surface area contributed by atoms with Gasteiger partial charge in [0.15, 0.2) is 0 Å². The number of nitrogens with two attached hydrogens (primary N) is 1. The fraction of sp³-hybridized carbons (Fsp3) is 0.400. The largest absolute Gasteiger partial charge is 0.324 e. The van der Waals surface area contributed by atoms with Crippen LogP contribution < -0.4 is 5.73 Å². The SMILES string of the molecule is CC(C)C(N)c1cc(I)ccc1Br. The van der Waals surface area contributed by atoms with Crippen LogP contribution >= 0.6 is 38.5 Å². The van der Waals surface area contributed by atoms with Crippen molar-refractivity contribution in [3.05, 3.63) is 31.8 Å². The van der Waals surface area contributed by atoms with E-state index in [9.17, 15) is 0 Å². The Labute approximate surface area is 101 Å². The molecule has 0 aromatic heterocycles. The van der Waals surface area contributed by atoms with Gasteiger partial charge >= 0.3 is 0 Å². The van der Waals surface area contributed by atoms with Crippen LogP contribution in [-0.2, 0) is 0 Å². The summed E-state index contributed by atoms with van der Waals surface area (Å²) in [4.78, 5) is 0. The quantitative estimate of drug-likeness (QED) is 0.806. The average Bonchev–Trinajstić information content (AvgIpc) is 2.08. The van der Waals surface area contributed by atoms with Crippen molar-refractivity contribution < 1.29 is 0 Å². The van der Waals surface area contributed by atoms with E-state index in [2.05, 4.69) is 70.6 Å². The van der Waals surface area contributed by atoms with Gasteiger partial charge in [-0.2, -0.15) is 0 Å². The molecule has 13 heavy (non-hydrogen) atoms. The highest BCUT2D eigenvalue weighted by atomic mass is 127. The van der Waals surface area contributed by atoms with E-state index >= 15 is 0 Å². The number of hydrogen-bond donors (Lipinski definition) is 1. The van der Waals surface area contributed by atoms with E-state index in [0.29, 0.717) is 5.92 Å². The molecular weight excluding hydrogens is 341 g/mol. The zero-order valence-corrected chi connectivity index (χ0v) is 11.5. The molecule has 0 bridgehead atoms. The second kappa shape index (κ2) is 4.75. The molecule has 0 saturated heterocycles. The Hall–Kier alpha value is 0.390. The first-order chi connectivity index (χ1) is 6.02. The van der Waals surface area contributed by atoms with Crippen molar-refractivity contribution in [2.24, 2.45) is 11.7 Å². The first kappa shape index (κ1) is 11.5. The Morgan fingerprint density at radius 2 is 2.00 bits per heavy atom. The van der Waals surface area contributed by atoms with E-state index in [0.717, 1.165) is 4.47 Å². The molecule has 0 fully saturated rings. The molecule has 0 heterocycles. The molecule has 1 nitrogen and oxygen atoms in total. The predicted molar refractivity (Wildman–Crippen MR) is 68.6 cm³/mol. The topological polar surface area (TPSA) is 26.0 Å². The van der Waals surface area contributed by atoms with Crippen molar-refractivity contribution in [2.75, 3.05) is 0 Å². The van der Waals surface area contributed by atoms with Gasteiger partial charge in [0.1, 0.15) is 0 Å². The third-order valence-electron chi connectivity index (χ3n) is 2.04. The Balaban J connectivity index is 3.05. The number of halogens is 2. The Kier molecular flexibility index (Phi) is 4.19. The lowest BCUT2D eigenvalue weighted by molar-refractivity contribution is 0.512. The molecule has 3 heteroatoms. The highest BCUT2D eigenvalue weighted by molar-refractivity contribution is 14.1. The first-order valence-electron chi connectivity index (χ1n) is 4.23. The van der Waals surface area contributed by atoms with Crippen molar-refractivity contribution in [1.29, 1.82) is 0 Å². The molecule has 0 amide bonds. The van der Waals surface area contributed by atoms with Gasteiger partial charge in [0.2, 0.25) is 0 Å². The smallest absolute Gasteiger partial charge is 0.0329 e. The molecule has 1 unspecified atom stereocenters. The molecule has 1 aromatic carbocycles. The normalized spacial score (nSPS) is 13.4. The molecule has 0 aliphatic heterocycles. The summed E-state index contributed by atoms with van der Waals surface area (Å²) in [6.45, 7) is 4.27. The first-order valence-corrected chi connectivity index (χ1v) is 6.10. The van der Waals surface area contributed by atoms with Gasteiger partial charge in [-0.15, -0.1) is 0 Å². The summed E-state index contributed by atoms with van der Waals surface area (Å²) in [5, 5.41) is 0. The minimum atomic E-state index is 0.115. The number of hydrogen-bond acceptors (Lipinski definition) is 1. The van der Waals surface area contributed by atoms with Crippen molar-refractivity contribution in [3.8, 4) is 0 Å². The molecule has 1 atom stereocenters. The monoisotopic (exact) mass is 353 g/mol. The van der Waals surface area contributed by atoms with Gasteiger partial charge in [-0.1, -0.05) is 29.8 Å². The summed E-state index contributed by atoms with van der Waals surface area (Å²) in [5.74, 6) is 0.467. The van der Waals surface area contributed by atoms with Crippen LogP contribution in [0.15, 0.2) is 22.7 Å². The third kappa shape index (κ3) is 2.92. The molecule has 0 radical (unpaired) electrons. The average molecular weight is 354 g/mol. The summed E-state index contributed by atoms with van der Waals surface area (Å²) >= 11 is 5.82. The van der Waals surface area contributed by atoms with Gasteiger partial charge in [0, 0.05) is 14.1 Å². The van der Waals surface area contributed by atoms with Crippen LogP contribution in [0.4, 0.5) is 0 Å². The zero-order chi connectivity index (χ0) is 10.0. The standard InChI is InChI=1S/C10H13BrIN/c1-6(2)10(13)8-5-7(12)3-4-9(8)11/h3-6,10H,13H2,1-2H3. The fourth-order valence-corrected chi connectivity index (χ4v) is 2.16. The molecule has 0 spiro atoms. The molecule has 72 valence electrons. The summed E-state index contributed by atoms with van der Waals surface area (Å²) < 4.78 is 2.33. The summed E-state index contributed by atoms with van der Waals surface area (Å²) in [5.41, 5.74) is 7.27. The Morgan fingerprint density at radius 3 is 2.54 bits per heavy atom. The molecule has 2 N–H and O–H groups in total. The van der Waals surface area contributed by atoms with Gasteiger partial charge in [0.25, 0.3) is 0 Å². The lowest BCUT2D eigenvalue weighted by Gasteiger charge is -2.17. The van der Waals surface area contributed by atoms with Crippen LogP contribution in [0.5, 0.6) is 0 Å². The van der Waals surface area contributed by atoms with Gasteiger partial charge < -0.3 is 5.73 Å². The van der Waals surface area contributed by atoms with Gasteiger partial charge in [0.05, 0.1) is 0 Å². The van der Waals surface area contributed by atoms with Crippen molar-refractivity contribution in [3.63, 3.8) is 0 Å². The van der Waals surface area contributed by atoms with Gasteiger partial charge in [-0.3, -0.25) is 0 Å². The number of benzene rings is 1. The van der Waals surface area contributed by atoms with E-state index in [-0.39, 0.29) is 6.04 Å². The molecule has 0 aliphatic rings. The van der Waals surface area contributed by atoms with Gasteiger partial charge in [-0.25, -0.2) is 0 Å². The van der Waals surface area contributed by atoms with Crippen molar-refractivity contribution in [1.82, 2.24) is 0 Å². The van der Waals surface area contributed by atoms with Gasteiger partial charge in [-0.05, 0) is 52.3 Å². The Morgan fingerprint density at radius 1 is 1.38 bits per heavy atom. The predicted octanol–water partition coefficient (Wildman–Crippen LogP) is 3.71. The maximum absolute atomic E-state index is 6.07. The van der Waals surface area contributed by atoms with E-state index in [4.69, 9.17) is 5.73 Å². The Bertz CT molecular complexity index is 299. The molecule has 1 rings (SSSR count). The van der Waals surface area contributed by atoms with Crippen LogP contribution in [-0.4, -0.2) is 0 Å². The molecule has 0 aliphatic carbocycles. The maximum atomic E-state index is 6.07. The molecular formula is C10H13BrIN. The highest BCUT2D eigenvalue weighted by Gasteiger charge is 2.13. The second-order valence-electron chi connectivity index (χ2n) is 3.44.